The van der Waals surface area contributed by atoms with Crippen molar-refractivity contribution >= 4 is 5.94 Å². The van der Waals surface area contributed by atoms with Crippen molar-refractivity contribution in [3.05, 3.63) is 5.57 Å². The first-order valence-corrected chi connectivity index (χ1v) is 5.26. The van der Waals surface area contributed by atoms with E-state index < -0.39 is 0 Å². The second-order valence-electron chi connectivity index (χ2n) is 4.54. The molecule has 0 saturated heterocycles. The van der Waals surface area contributed by atoms with Crippen molar-refractivity contribution in [2.45, 2.75) is 53.4 Å². The Hall–Kier alpha value is -0.484. The summed E-state index contributed by atoms with van der Waals surface area (Å²) in [5.74, 6) is 7.89. The van der Waals surface area contributed by atoms with Crippen molar-refractivity contribution in [3.8, 4) is 11.8 Å². The number of carbonyl (C=O) groups excluding carboxylic acids is 1. The predicted octanol–water partition coefficient (Wildman–Crippen LogP) is 3.37. The summed E-state index contributed by atoms with van der Waals surface area (Å²) in [6.45, 7) is 8.25. The van der Waals surface area contributed by atoms with Gasteiger partial charge in [0.25, 0.3) is 0 Å². The van der Waals surface area contributed by atoms with Gasteiger partial charge in [-0.15, -0.1) is 0 Å². The molecule has 1 nitrogen and oxygen atoms in total. The molecule has 0 atom stereocenters. The Balaban J connectivity index is 0. The summed E-state index contributed by atoms with van der Waals surface area (Å²) >= 11 is 0. The standard InChI is InChI=1S/C13H20O.Co/c1-5-6-7-8-12(11-14)9-10-13(2,3)4;/h5-8H2,1-4H3;. The van der Waals surface area contributed by atoms with Gasteiger partial charge in [-0.1, -0.05) is 31.6 Å². The third kappa shape index (κ3) is 11.4. The second kappa shape index (κ2) is 8.80. The van der Waals surface area contributed by atoms with Crippen LogP contribution in [0.15, 0.2) is 5.57 Å². The average Bonchev–Trinajstić information content (AvgIpc) is 2.09. The number of hydrogen-bond acceptors (Lipinski definition) is 1. The first-order chi connectivity index (χ1) is 6.49. The Bertz CT molecular complexity index is 269. The van der Waals surface area contributed by atoms with Crippen LogP contribution in [-0.4, -0.2) is 5.94 Å². The van der Waals surface area contributed by atoms with E-state index in [1.54, 1.807) is 0 Å². The molecule has 15 heavy (non-hydrogen) atoms. The molecule has 0 heterocycles. The maximum absolute atomic E-state index is 10.6. The van der Waals surface area contributed by atoms with E-state index in [4.69, 9.17) is 0 Å². The molecule has 0 fully saturated rings. The molecule has 0 amide bonds. The number of hydrogen-bond donors (Lipinski definition) is 0. The zero-order chi connectivity index (χ0) is 11.0. The van der Waals surface area contributed by atoms with E-state index in [9.17, 15) is 4.79 Å². The molecule has 0 aromatic heterocycles. The number of unbranched alkanes of at least 4 members (excludes halogenated alkanes) is 2. The van der Waals surface area contributed by atoms with Crippen molar-refractivity contribution in [1.29, 1.82) is 0 Å². The van der Waals surface area contributed by atoms with Crippen LogP contribution in [0.25, 0.3) is 0 Å². The Kier molecular flexibility index (Phi) is 9.93. The van der Waals surface area contributed by atoms with Gasteiger partial charge in [0.2, 0.25) is 0 Å². The quantitative estimate of drug-likeness (QED) is 0.425. The van der Waals surface area contributed by atoms with E-state index >= 15 is 0 Å². The molecule has 0 aliphatic carbocycles. The summed E-state index contributed by atoms with van der Waals surface area (Å²) in [4.78, 5) is 10.6. The fraction of sp³-hybridized carbons (Fsp3) is 0.692. The van der Waals surface area contributed by atoms with E-state index in [0.29, 0.717) is 5.57 Å². The molecule has 0 N–H and O–H groups in total. The zero-order valence-corrected chi connectivity index (χ0v) is 11.1. The normalized spacial score (nSPS) is 9.33. The van der Waals surface area contributed by atoms with Gasteiger partial charge in [-0.2, -0.15) is 0 Å². The Labute approximate surface area is 104 Å². The fourth-order valence-electron chi connectivity index (χ4n) is 0.954. The van der Waals surface area contributed by atoms with Crippen LogP contribution in [0.2, 0.25) is 0 Å². The fourth-order valence-corrected chi connectivity index (χ4v) is 0.954. The maximum Gasteiger partial charge on any atom is 0.137 e. The van der Waals surface area contributed by atoms with Gasteiger partial charge >= 0.3 is 0 Å². The molecule has 87 valence electrons. The van der Waals surface area contributed by atoms with Gasteiger partial charge in [0.05, 0.1) is 5.57 Å². The Morgan fingerprint density at radius 1 is 1.20 bits per heavy atom. The summed E-state index contributed by atoms with van der Waals surface area (Å²) in [5.41, 5.74) is 0.584. The summed E-state index contributed by atoms with van der Waals surface area (Å²) in [6.07, 6.45) is 4.14. The first-order valence-electron chi connectivity index (χ1n) is 5.26. The maximum atomic E-state index is 10.6. The van der Waals surface area contributed by atoms with Crippen molar-refractivity contribution in [1.82, 2.24) is 0 Å². The molecule has 1 radical (unpaired) electrons. The molecular weight excluding hydrogens is 231 g/mol. The van der Waals surface area contributed by atoms with E-state index in [1.807, 2.05) is 26.7 Å². The van der Waals surface area contributed by atoms with Crippen LogP contribution in [0, 0.1) is 17.3 Å². The Morgan fingerprint density at radius 3 is 2.20 bits per heavy atom. The van der Waals surface area contributed by atoms with Crippen LogP contribution in [0.3, 0.4) is 0 Å². The van der Waals surface area contributed by atoms with Gasteiger partial charge in [-0.3, -0.25) is 0 Å². The average molecular weight is 251 g/mol. The third-order valence-corrected chi connectivity index (χ3v) is 1.74. The first kappa shape index (κ1) is 16.9. The SMILES string of the molecule is CCCCCC(=C=O)C#CC(C)(C)C.[Co]. The Morgan fingerprint density at radius 2 is 1.80 bits per heavy atom. The summed E-state index contributed by atoms with van der Waals surface area (Å²) in [5, 5.41) is 0. The molecule has 0 saturated carbocycles. The minimum absolute atomic E-state index is 0. The molecule has 2 heteroatoms. The van der Waals surface area contributed by atoms with Crippen LogP contribution in [0.4, 0.5) is 0 Å². The largest absolute Gasteiger partial charge is 0.232 e. The van der Waals surface area contributed by atoms with Crippen molar-refractivity contribution in [2.75, 3.05) is 0 Å². The molecule has 0 unspecified atom stereocenters. The van der Waals surface area contributed by atoms with E-state index in [-0.39, 0.29) is 22.2 Å². The smallest absolute Gasteiger partial charge is 0.137 e. The summed E-state index contributed by atoms with van der Waals surface area (Å²) in [6, 6.07) is 0. The van der Waals surface area contributed by atoms with E-state index in [1.165, 1.54) is 6.42 Å². The predicted molar refractivity (Wildman–Crippen MR) is 60.6 cm³/mol. The van der Waals surface area contributed by atoms with Crippen LogP contribution in [0.1, 0.15) is 53.4 Å². The van der Waals surface area contributed by atoms with Gasteiger partial charge < -0.3 is 0 Å². The molecular formula is C13H20CoO. The van der Waals surface area contributed by atoms with Gasteiger partial charge in [0, 0.05) is 22.2 Å². The van der Waals surface area contributed by atoms with Gasteiger partial charge in [-0.05, 0) is 33.6 Å². The second-order valence-corrected chi connectivity index (χ2v) is 4.54. The van der Waals surface area contributed by atoms with Gasteiger partial charge in [-0.25, -0.2) is 4.79 Å². The van der Waals surface area contributed by atoms with Crippen molar-refractivity contribution in [2.24, 2.45) is 5.41 Å². The number of allylic oxidation sites excluding steroid dienone is 1. The molecule has 0 aromatic rings. The minimum Gasteiger partial charge on any atom is -0.232 e. The van der Waals surface area contributed by atoms with Gasteiger partial charge in [0.1, 0.15) is 5.94 Å². The monoisotopic (exact) mass is 251 g/mol. The molecule has 0 aliphatic heterocycles. The summed E-state index contributed by atoms with van der Waals surface area (Å²) in [7, 11) is 0. The van der Waals surface area contributed by atoms with Crippen LogP contribution >= 0.6 is 0 Å². The molecule has 0 bridgehead atoms. The van der Waals surface area contributed by atoms with E-state index in [2.05, 4.69) is 18.8 Å². The van der Waals surface area contributed by atoms with Crippen LogP contribution < -0.4 is 0 Å². The molecule has 0 aliphatic rings. The van der Waals surface area contributed by atoms with Gasteiger partial charge in [0.15, 0.2) is 0 Å². The molecule has 0 spiro atoms. The third-order valence-electron chi connectivity index (χ3n) is 1.74. The molecule has 0 rings (SSSR count). The van der Waals surface area contributed by atoms with Crippen LogP contribution in [0.5, 0.6) is 0 Å². The van der Waals surface area contributed by atoms with Crippen molar-refractivity contribution < 1.29 is 21.6 Å². The van der Waals surface area contributed by atoms with Crippen LogP contribution in [-0.2, 0) is 21.6 Å². The van der Waals surface area contributed by atoms with Crippen molar-refractivity contribution in [3.63, 3.8) is 0 Å². The number of rotatable bonds is 4. The topological polar surface area (TPSA) is 17.1 Å². The summed E-state index contributed by atoms with van der Waals surface area (Å²) < 4.78 is 0. The molecule has 0 aromatic carbocycles. The van der Waals surface area contributed by atoms with E-state index in [0.717, 1.165) is 19.3 Å². The zero-order valence-electron chi connectivity index (χ0n) is 10.1. The minimum atomic E-state index is -0.0349.